The molecular weight excluding hydrogens is 349 g/mol. The van der Waals surface area contributed by atoms with Gasteiger partial charge in [-0.1, -0.05) is 30.3 Å². The monoisotopic (exact) mass is 369 g/mol. The molecule has 1 heterocycles. The molecule has 0 saturated heterocycles. The van der Waals surface area contributed by atoms with Crippen molar-refractivity contribution in [3.63, 3.8) is 0 Å². The van der Waals surface area contributed by atoms with E-state index in [0.717, 1.165) is 16.9 Å². The molecule has 0 saturated carbocycles. The summed E-state index contributed by atoms with van der Waals surface area (Å²) in [5.74, 6) is 0.412. The van der Waals surface area contributed by atoms with Gasteiger partial charge < -0.3 is 19.2 Å². The lowest BCUT2D eigenvalue weighted by molar-refractivity contribution is -0.123. The van der Waals surface area contributed by atoms with Crippen LogP contribution >= 0.6 is 0 Å². The Bertz CT molecular complexity index is 864. The Hall–Kier alpha value is -3.12. The minimum Gasteiger partial charge on any atom is -0.484 e. The van der Waals surface area contributed by atoms with Gasteiger partial charge >= 0.3 is 0 Å². The van der Waals surface area contributed by atoms with Crippen molar-refractivity contribution in [1.82, 2.24) is 5.32 Å². The van der Waals surface area contributed by atoms with Crippen molar-refractivity contribution in [1.29, 1.82) is 0 Å². The second-order valence-electron chi connectivity index (χ2n) is 5.91. The Morgan fingerprint density at radius 2 is 1.85 bits per heavy atom. The fourth-order valence-electron chi connectivity index (χ4n) is 2.45. The first-order valence-electron chi connectivity index (χ1n) is 8.52. The maximum atomic E-state index is 13.1. The summed E-state index contributed by atoms with van der Waals surface area (Å²) in [5, 5.41) is 2.78. The van der Waals surface area contributed by atoms with Crippen LogP contribution in [0, 0.1) is 5.82 Å². The van der Waals surface area contributed by atoms with Crippen LogP contribution in [0.25, 0.3) is 0 Å². The normalized spacial score (nSPS) is 10.6. The Morgan fingerprint density at radius 3 is 2.67 bits per heavy atom. The Labute approximate surface area is 156 Å². The van der Waals surface area contributed by atoms with Crippen LogP contribution in [0.1, 0.15) is 16.9 Å². The molecular formula is C21H20FNO4. The molecule has 3 rings (SSSR count). The Kier molecular flexibility index (Phi) is 6.60. The zero-order chi connectivity index (χ0) is 18.9. The van der Waals surface area contributed by atoms with Gasteiger partial charge in [0.15, 0.2) is 6.61 Å². The van der Waals surface area contributed by atoms with Crippen LogP contribution in [-0.2, 0) is 29.3 Å². The number of halogens is 1. The van der Waals surface area contributed by atoms with Crippen molar-refractivity contribution in [2.75, 3.05) is 6.61 Å². The zero-order valence-corrected chi connectivity index (χ0v) is 14.7. The molecule has 0 aliphatic rings. The summed E-state index contributed by atoms with van der Waals surface area (Å²) in [5.41, 5.74) is 1.96. The first-order chi connectivity index (χ1) is 13.2. The molecule has 0 spiro atoms. The predicted octanol–water partition coefficient (Wildman–Crippen LogP) is 3.83. The molecule has 140 valence electrons. The minimum absolute atomic E-state index is 0.171. The number of rotatable bonds is 9. The molecule has 0 radical (unpaired) electrons. The van der Waals surface area contributed by atoms with Gasteiger partial charge in [0.05, 0.1) is 12.9 Å². The van der Waals surface area contributed by atoms with Gasteiger partial charge in [-0.15, -0.1) is 0 Å². The van der Waals surface area contributed by atoms with Gasteiger partial charge in [0, 0.05) is 12.6 Å². The number of hydrogen-bond acceptors (Lipinski definition) is 4. The molecule has 0 fully saturated rings. The fraction of sp³-hybridized carbons (Fsp3) is 0.190. The van der Waals surface area contributed by atoms with Crippen molar-refractivity contribution in [2.45, 2.75) is 19.8 Å². The number of ether oxygens (including phenoxy) is 2. The van der Waals surface area contributed by atoms with Crippen LogP contribution in [0.15, 0.2) is 71.3 Å². The van der Waals surface area contributed by atoms with Crippen molar-refractivity contribution in [3.05, 3.63) is 89.6 Å². The maximum Gasteiger partial charge on any atom is 0.258 e. The number of furan rings is 1. The lowest BCUT2D eigenvalue weighted by Gasteiger charge is -2.09. The molecule has 1 N–H and O–H groups in total. The molecule has 2 aromatic carbocycles. The Morgan fingerprint density at radius 1 is 1.00 bits per heavy atom. The second kappa shape index (κ2) is 9.54. The molecule has 0 aliphatic heterocycles. The number of hydrogen-bond donors (Lipinski definition) is 1. The number of benzene rings is 2. The summed E-state index contributed by atoms with van der Waals surface area (Å²) in [6, 6.07) is 17.1. The average Bonchev–Trinajstić information content (AvgIpc) is 3.19. The molecule has 0 aliphatic carbocycles. The van der Waals surface area contributed by atoms with Crippen LogP contribution in [-0.4, -0.2) is 12.5 Å². The van der Waals surface area contributed by atoms with Gasteiger partial charge in [-0.05, 0) is 35.4 Å². The summed E-state index contributed by atoms with van der Waals surface area (Å²) < 4.78 is 29.2. The summed E-state index contributed by atoms with van der Waals surface area (Å²) in [6.45, 7) is 1.06. The van der Waals surface area contributed by atoms with E-state index in [1.165, 1.54) is 18.2 Å². The standard InChI is InChI=1S/C21H20FNO4/c22-18-6-2-7-19(11-18)27-15-21(24)23-12-16-4-1-5-17(10-16)13-25-14-20-8-3-9-26-20/h1-11H,12-15H2,(H,23,24). The smallest absolute Gasteiger partial charge is 0.258 e. The molecule has 1 amide bonds. The lowest BCUT2D eigenvalue weighted by atomic mass is 10.1. The first kappa shape index (κ1) is 18.7. The Balaban J connectivity index is 1.41. The van der Waals surface area contributed by atoms with Gasteiger partial charge in [-0.3, -0.25) is 4.79 Å². The molecule has 0 bridgehead atoms. The third-order valence-electron chi connectivity index (χ3n) is 3.74. The molecule has 1 aromatic heterocycles. The van der Waals surface area contributed by atoms with Crippen LogP contribution in [0.5, 0.6) is 5.75 Å². The predicted molar refractivity (Wildman–Crippen MR) is 97.4 cm³/mol. The van der Waals surface area contributed by atoms with Gasteiger partial charge in [0.1, 0.15) is 23.9 Å². The number of carbonyl (C=O) groups excluding carboxylic acids is 1. The van der Waals surface area contributed by atoms with E-state index in [-0.39, 0.29) is 12.5 Å². The summed E-state index contributed by atoms with van der Waals surface area (Å²) in [6.07, 6.45) is 1.61. The first-order valence-corrected chi connectivity index (χ1v) is 8.52. The van der Waals surface area contributed by atoms with E-state index < -0.39 is 5.82 Å². The van der Waals surface area contributed by atoms with Gasteiger partial charge in [-0.25, -0.2) is 4.39 Å². The molecule has 6 heteroatoms. The van der Waals surface area contributed by atoms with E-state index in [1.54, 1.807) is 12.3 Å². The molecule has 5 nitrogen and oxygen atoms in total. The van der Waals surface area contributed by atoms with Crippen molar-refractivity contribution in [2.24, 2.45) is 0 Å². The van der Waals surface area contributed by atoms with E-state index in [9.17, 15) is 9.18 Å². The highest BCUT2D eigenvalue weighted by molar-refractivity contribution is 5.77. The van der Waals surface area contributed by atoms with Crippen molar-refractivity contribution < 1.29 is 23.1 Å². The summed E-state index contributed by atoms with van der Waals surface area (Å²) >= 11 is 0. The SMILES string of the molecule is O=C(COc1cccc(F)c1)NCc1cccc(COCc2ccco2)c1. The molecule has 0 atom stereocenters. The quantitative estimate of drug-likeness (QED) is 0.623. The van der Waals surface area contributed by atoms with Crippen LogP contribution in [0.4, 0.5) is 4.39 Å². The highest BCUT2D eigenvalue weighted by atomic mass is 19.1. The van der Waals surface area contributed by atoms with Crippen molar-refractivity contribution in [3.8, 4) is 5.75 Å². The fourth-order valence-corrected chi connectivity index (χ4v) is 2.45. The third-order valence-corrected chi connectivity index (χ3v) is 3.74. The maximum absolute atomic E-state index is 13.1. The van der Waals surface area contributed by atoms with Gasteiger partial charge in [0.2, 0.25) is 0 Å². The number of nitrogens with one attached hydrogen (secondary N) is 1. The van der Waals surface area contributed by atoms with Crippen molar-refractivity contribution >= 4 is 5.91 Å². The van der Waals surface area contributed by atoms with E-state index in [0.29, 0.717) is 25.5 Å². The summed E-state index contributed by atoms with van der Waals surface area (Å²) in [7, 11) is 0. The summed E-state index contributed by atoms with van der Waals surface area (Å²) in [4.78, 5) is 11.9. The van der Waals surface area contributed by atoms with Gasteiger partial charge in [0.25, 0.3) is 5.91 Å². The van der Waals surface area contributed by atoms with Crippen LogP contribution < -0.4 is 10.1 Å². The zero-order valence-electron chi connectivity index (χ0n) is 14.7. The van der Waals surface area contributed by atoms with Crippen LogP contribution in [0.2, 0.25) is 0 Å². The third kappa shape index (κ3) is 6.27. The average molecular weight is 369 g/mol. The van der Waals surface area contributed by atoms with E-state index in [2.05, 4.69) is 5.32 Å². The van der Waals surface area contributed by atoms with E-state index >= 15 is 0 Å². The highest BCUT2D eigenvalue weighted by Gasteiger charge is 2.05. The minimum atomic E-state index is -0.404. The van der Waals surface area contributed by atoms with E-state index in [4.69, 9.17) is 13.9 Å². The number of carbonyl (C=O) groups is 1. The lowest BCUT2D eigenvalue weighted by Crippen LogP contribution is -2.28. The molecule has 27 heavy (non-hydrogen) atoms. The second-order valence-corrected chi connectivity index (χ2v) is 5.91. The largest absolute Gasteiger partial charge is 0.484 e. The highest BCUT2D eigenvalue weighted by Crippen LogP contribution is 2.12. The van der Waals surface area contributed by atoms with Gasteiger partial charge in [-0.2, -0.15) is 0 Å². The van der Waals surface area contributed by atoms with E-state index in [1.807, 2.05) is 36.4 Å². The molecule has 3 aromatic rings. The molecule has 0 unspecified atom stereocenters. The van der Waals surface area contributed by atoms with Crippen LogP contribution in [0.3, 0.4) is 0 Å². The number of amides is 1. The topological polar surface area (TPSA) is 60.7 Å².